The summed E-state index contributed by atoms with van der Waals surface area (Å²) in [4.78, 5) is 3.17. The Morgan fingerprint density at radius 3 is 2.19 bits per heavy atom. The largest absolute Gasteiger partial charge is 0.540 e. The molecular formula is C21H27N2O2Si. The van der Waals surface area contributed by atoms with E-state index >= 15 is 0 Å². The van der Waals surface area contributed by atoms with E-state index in [1.165, 1.54) is 0 Å². The minimum atomic E-state index is -0.969. The zero-order valence-corrected chi connectivity index (χ0v) is 17.4. The van der Waals surface area contributed by atoms with Crippen LogP contribution < -0.4 is 14.9 Å². The van der Waals surface area contributed by atoms with Crippen molar-refractivity contribution in [1.82, 2.24) is 4.98 Å². The summed E-state index contributed by atoms with van der Waals surface area (Å²) >= 11 is 0. The highest BCUT2D eigenvalue weighted by Gasteiger charge is 2.26. The first kappa shape index (κ1) is 18.4. The summed E-state index contributed by atoms with van der Waals surface area (Å²) in [6.45, 7) is 10.8. The van der Waals surface area contributed by atoms with E-state index in [9.17, 15) is 0 Å². The van der Waals surface area contributed by atoms with E-state index in [0.29, 0.717) is 0 Å². The van der Waals surface area contributed by atoms with Crippen LogP contribution in [0.1, 0.15) is 26.3 Å². The highest BCUT2D eigenvalue weighted by atomic mass is 28.3. The van der Waals surface area contributed by atoms with E-state index in [1.807, 2.05) is 18.5 Å². The van der Waals surface area contributed by atoms with Crippen LogP contribution >= 0.6 is 0 Å². The van der Waals surface area contributed by atoms with Gasteiger partial charge < -0.3 is 19.9 Å². The van der Waals surface area contributed by atoms with Crippen LogP contribution in [0.4, 0.5) is 5.69 Å². The number of rotatable bonds is 4. The average molecular weight is 368 g/mol. The zero-order chi connectivity index (χ0) is 19.1. The molecule has 0 amide bonds. The van der Waals surface area contributed by atoms with Crippen LogP contribution in [0.5, 0.6) is 11.5 Å². The van der Waals surface area contributed by atoms with Gasteiger partial charge in [-0.2, -0.15) is 0 Å². The molecule has 0 aliphatic rings. The lowest BCUT2D eigenvalue weighted by atomic mass is 9.84. The number of fused-ring (bicyclic) bond motifs is 1. The number of benzene rings is 2. The summed E-state index contributed by atoms with van der Waals surface area (Å²) in [6.07, 6.45) is 3.92. The number of aromatic amines is 1. The fourth-order valence-electron chi connectivity index (χ4n) is 3.29. The molecule has 1 aromatic heterocycles. The van der Waals surface area contributed by atoms with Gasteiger partial charge in [0, 0.05) is 40.0 Å². The third-order valence-corrected chi connectivity index (χ3v) is 5.11. The fourth-order valence-corrected chi connectivity index (χ4v) is 3.90. The first-order valence-corrected chi connectivity index (χ1v) is 11.2. The number of hydrogen-bond donors (Lipinski definition) is 2. The number of nitrogen functional groups attached to an aromatic ring is 1. The van der Waals surface area contributed by atoms with Gasteiger partial charge in [0.2, 0.25) is 0 Å². The Labute approximate surface area is 157 Å². The first-order chi connectivity index (χ1) is 12.2. The van der Waals surface area contributed by atoms with Crippen molar-refractivity contribution >= 4 is 25.5 Å². The van der Waals surface area contributed by atoms with E-state index in [-0.39, 0.29) is 5.41 Å². The molecular weight excluding hydrogens is 340 g/mol. The molecule has 0 fully saturated rings. The van der Waals surface area contributed by atoms with Gasteiger partial charge in [-0.05, 0) is 30.1 Å². The van der Waals surface area contributed by atoms with Crippen molar-refractivity contribution in [2.75, 3.05) is 12.8 Å². The smallest absolute Gasteiger partial charge is 0.274 e. The van der Waals surface area contributed by atoms with Crippen molar-refractivity contribution in [1.29, 1.82) is 0 Å². The van der Waals surface area contributed by atoms with Crippen LogP contribution in [-0.2, 0) is 5.41 Å². The molecule has 3 rings (SSSR count). The van der Waals surface area contributed by atoms with E-state index < -0.39 is 9.04 Å². The molecule has 4 nitrogen and oxygen atoms in total. The molecule has 0 atom stereocenters. The zero-order valence-electron chi connectivity index (χ0n) is 16.4. The summed E-state index contributed by atoms with van der Waals surface area (Å²) in [6, 6.07) is 8.29. The minimum Gasteiger partial charge on any atom is -0.540 e. The molecule has 1 heterocycles. The maximum atomic E-state index is 6.35. The van der Waals surface area contributed by atoms with Gasteiger partial charge in [0.15, 0.2) is 11.5 Å². The average Bonchev–Trinajstić information content (AvgIpc) is 3.04. The standard InChI is InChI=1S/C21H27N2O2Si/c1-21(2,3)17-9-7-14(19(20(17)24-4)25-26(5)6)13-8-10-18(22)16-12-23-11-15(13)16/h7-12,23H,22H2,1-6H3. The molecule has 5 heteroatoms. The highest BCUT2D eigenvalue weighted by Crippen LogP contribution is 2.46. The first-order valence-electron chi connectivity index (χ1n) is 8.79. The van der Waals surface area contributed by atoms with E-state index in [4.69, 9.17) is 14.9 Å². The molecule has 2 aromatic carbocycles. The van der Waals surface area contributed by atoms with Crippen molar-refractivity contribution < 1.29 is 9.16 Å². The molecule has 3 N–H and O–H groups in total. The summed E-state index contributed by atoms with van der Waals surface area (Å²) < 4.78 is 12.2. The predicted molar refractivity (Wildman–Crippen MR) is 112 cm³/mol. The molecule has 0 unspecified atom stereocenters. The number of methoxy groups -OCH3 is 1. The highest BCUT2D eigenvalue weighted by molar-refractivity contribution is 6.49. The Morgan fingerprint density at radius 1 is 0.923 bits per heavy atom. The summed E-state index contributed by atoms with van der Waals surface area (Å²) in [5.41, 5.74) is 10.1. The van der Waals surface area contributed by atoms with Gasteiger partial charge in [-0.25, -0.2) is 0 Å². The van der Waals surface area contributed by atoms with E-state index in [1.54, 1.807) is 7.11 Å². The van der Waals surface area contributed by atoms with Crippen LogP contribution in [0, 0.1) is 0 Å². The molecule has 0 saturated carbocycles. The Hall–Kier alpha value is -2.40. The van der Waals surface area contributed by atoms with Crippen molar-refractivity contribution in [3.05, 3.63) is 42.2 Å². The lowest BCUT2D eigenvalue weighted by Crippen LogP contribution is -2.17. The van der Waals surface area contributed by atoms with Crippen LogP contribution in [0.25, 0.3) is 21.9 Å². The Morgan fingerprint density at radius 2 is 1.58 bits per heavy atom. The number of nitrogens with two attached hydrogens (primary N) is 1. The second kappa shape index (κ2) is 6.72. The number of hydrogen-bond acceptors (Lipinski definition) is 3. The third kappa shape index (κ3) is 3.19. The van der Waals surface area contributed by atoms with Crippen LogP contribution in [-0.4, -0.2) is 21.1 Å². The molecule has 0 spiro atoms. The lowest BCUT2D eigenvalue weighted by Gasteiger charge is -2.26. The fraction of sp³-hybridized carbons (Fsp3) is 0.333. The number of H-pyrrole nitrogens is 1. The quantitative estimate of drug-likeness (QED) is 0.482. The second-order valence-corrected chi connectivity index (χ2v) is 9.79. The van der Waals surface area contributed by atoms with Gasteiger partial charge in [0.1, 0.15) is 0 Å². The SMILES string of the molecule is COc1c(C(C)(C)C)ccc(-c2ccc(N)c3c[nH]cc23)c1O[Si](C)C. The number of aromatic nitrogens is 1. The van der Waals surface area contributed by atoms with Crippen molar-refractivity contribution in [3.63, 3.8) is 0 Å². The molecule has 0 saturated heterocycles. The Bertz CT molecular complexity index is 939. The molecule has 3 aromatic rings. The van der Waals surface area contributed by atoms with Gasteiger partial charge in [-0.3, -0.25) is 0 Å². The molecule has 1 radical (unpaired) electrons. The number of nitrogens with one attached hydrogen (secondary N) is 1. The summed E-state index contributed by atoms with van der Waals surface area (Å²) in [5.74, 6) is 1.65. The second-order valence-electron chi connectivity index (χ2n) is 7.77. The van der Waals surface area contributed by atoms with Gasteiger partial charge in [0.25, 0.3) is 9.04 Å². The van der Waals surface area contributed by atoms with Crippen molar-refractivity contribution in [2.45, 2.75) is 39.3 Å². The van der Waals surface area contributed by atoms with E-state index in [0.717, 1.165) is 44.6 Å². The molecule has 0 bridgehead atoms. The third-order valence-electron chi connectivity index (χ3n) is 4.50. The Balaban J connectivity index is 2.33. The van der Waals surface area contributed by atoms with Gasteiger partial charge >= 0.3 is 0 Å². The summed E-state index contributed by atoms with van der Waals surface area (Å²) in [7, 11) is 0.747. The lowest BCUT2D eigenvalue weighted by molar-refractivity contribution is 0.379. The minimum absolute atomic E-state index is 0.0408. The molecule has 0 aliphatic carbocycles. The monoisotopic (exact) mass is 367 g/mol. The van der Waals surface area contributed by atoms with Crippen LogP contribution in [0.2, 0.25) is 13.1 Å². The maximum Gasteiger partial charge on any atom is 0.274 e. The van der Waals surface area contributed by atoms with Crippen molar-refractivity contribution in [2.24, 2.45) is 0 Å². The number of ether oxygens (including phenoxy) is 1. The van der Waals surface area contributed by atoms with Gasteiger partial charge in [0.05, 0.1) is 7.11 Å². The van der Waals surface area contributed by atoms with Crippen LogP contribution in [0.3, 0.4) is 0 Å². The maximum absolute atomic E-state index is 6.35. The van der Waals surface area contributed by atoms with Gasteiger partial charge in [-0.1, -0.05) is 39.0 Å². The molecule has 137 valence electrons. The summed E-state index contributed by atoms with van der Waals surface area (Å²) in [5, 5.41) is 2.10. The van der Waals surface area contributed by atoms with Gasteiger partial charge in [-0.15, -0.1) is 0 Å². The molecule has 26 heavy (non-hydrogen) atoms. The topological polar surface area (TPSA) is 60.3 Å². The predicted octanol–water partition coefficient (Wildman–Crippen LogP) is 5.35. The normalized spacial score (nSPS) is 12.0. The van der Waals surface area contributed by atoms with E-state index in [2.05, 4.69) is 57.0 Å². The van der Waals surface area contributed by atoms with Crippen LogP contribution in [0.15, 0.2) is 36.7 Å². The molecule has 0 aliphatic heterocycles. The van der Waals surface area contributed by atoms with Crippen molar-refractivity contribution in [3.8, 4) is 22.6 Å². The Kier molecular flexibility index (Phi) is 4.75. The number of anilines is 1.